The molecule has 4 rings (SSSR count). The maximum atomic E-state index is 13.0. The van der Waals surface area contributed by atoms with Gasteiger partial charge in [-0.2, -0.15) is 5.26 Å². The standard InChI is InChI=1S/C24H19N5OS2/c1-29(19-7-3-2-4-8-19)21-10-6-5-9-20(21)22(30)26-23-27-28-24(32-23)31-16-18-13-11-17(15-25)12-14-18/h2-14H,16H2,1H3,(H,26,27,30). The van der Waals surface area contributed by atoms with E-state index in [2.05, 4.69) is 21.6 Å². The van der Waals surface area contributed by atoms with Crippen molar-refractivity contribution in [2.45, 2.75) is 10.1 Å². The molecule has 1 N–H and O–H groups in total. The number of rotatable bonds is 7. The number of nitrogens with one attached hydrogen (secondary N) is 1. The van der Waals surface area contributed by atoms with Gasteiger partial charge in [-0.1, -0.05) is 65.6 Å². The molecule has 0 aliphatic carbocycles. The van der Waals surface area contributed by atoms with E-state index in [1.54, 1.807) is 18.2 Å². The summed E-state index contributed by atoms with van der Waals surface area (Å²) in [6.07, 6.45) is 0. The van der Waals surface area contributed by atoms with Crippen LogP contribution in [0.25, 0.3) is 0 Å². The van der Waals surface area contributed by atoms with Crippen molar-refractivity contribution in [3.63, 3.8) is 0 Å². The Bertz CT molecular complexity index is 1250. The van der Waals surface area contributed by atoms with Gasteiger partial charge in [-0.3, -0.25) is 10.1 Å². The lowest BCUT2D eigenvalue weighted by molar-refractivity contribution is 0.102. The first kappa shape index (κ1) is 21.6. The molecule has 0 unspecified atom stereocenters. The largest absolute Gasteiger partial charge is 0.344 e. The van der Waals surface area contributed by atoms with Gasteiger partial charge in [0.05, 0.1) is 22.9 Å². The molecule has 0 fully saturated rings. The minimum Gasteiger partial charge on any atom is -0.344 e. The lowest BCUT2D eigenvalue weighted by Crippen LogP contribution is -2.18. The van der Waals surface area contributed by atoms with Gasteiger partial charge in [0.1, 0.15) is 0 Å². The van der Waals surface area contributed by atoms with Gasteiger partial charge in [0, 0.05) is 18.5 Å². The topological polar surface area (TPSA) is 81.9 Å². The SMILES string of the molecule is CN(c1ccccc1)c1ccccc1C(=O)Nc1nnc(SCc2ccc(C#N)cc2)s1. The molecule has 0 saturated carbocycles. The summed E-state index contributed by atoms with van der Waals surface area (Å²) in [5.74, 6) is 0.474. The van der Waals surface area contributed by atoms with E-state index in [9.17, 15) is 4.79 Å². The first-order valence-corrected chi connectivity index (χ1v) is 11.6. The maximum Gasteiger partial charge on any atom is 0.259 e. The summed E-state index contributed by atoms with van der Waals surface area (Å²) in [5.41, 5.74) is 4.08. The molecular weight excluding hydrogens is 438 g/mol. The zero-order chi connectivity index (χ0) is 22.3. The third kappa shape index (κ3) is 5.14. The fraction of sp³-hybridized carbons (Fsp3) is 0.0833. The van der Waals surface area contributed by atoms with E-state index in [1.165, 1.54) is 23.1 Å². The van der Waals surface area contributed by atoms with Crippen LogP contribution < -0.4 is 10.2 Å². The second-order valence-electron chi connectivity index (χ2n) is 6.84. The van der Waals surface area contributed by atoms with Crippen LogP contribution in [0.15, 0.2) is 83.2 Å². The van der Waals surface area contributed by atoms with Gasteiger partial charge in [-0.15, -0.1) is 10.2 Å². The highest BCUT2D eigenvalue weighted by molar-refractivity contribution is 8.00. The molecule has 1 heterocycles. The molecule has 1 aromatic heterocycles. The summed E-state index contributed by atoms with van der Waals surface area (Å²) in [6.45, 7) is 0. The lowest BCUT2D eigenvalue weighted by atomic mass is 10.1. The summed E-state index contributed by atoms with van der Waals surface area (Å²) in [4.78, 5) is 15.0. The van der Waals surface area contributed by atoms with Crippen LogP contribution >= 0.6 is 23.1 Å². The zero-order valence-corrected chi connectivity index (χ0v) is 18.9. The van der Waals surface area contributed by atoms with E-state index < -0.39 is 0 Å². The Kier molecular flexibility index (Phi) is 6.80. The van der Waals surface area contributed by atoms with Crippen molar-refractivity contribution >= 4 is 45.5 Å². The number of hydrogen-bond acceptors (Lipinski definition) is 7. The Labute approximate surface area is 194 Å². The van der Waals surface area contributed by atoms with Gasteiger partial charge in [-0.05, 0) is 42.0 Å². The van der Waals surface area contributed by atoms with Crippen molar-refractivity contribution in [2.24, 2.45) is 0 Å². The number of hydrogen-bond donors (Lipinski definition) is 1. The van der Waals surface area contributed by atoms with Gasteiger partial charge < -0.3 is 4.90 Å². The predicted molar refractivity (Wildman–Crippen MR) is 130 cm³/mol. The van der Waals surface area contributed by atoms with Crippen molar-refractivity contribution in [3.05, 3.63) is 95.6 Å². The van der Waals surface area contributed by atoms with Crippen LogP contribution in [-0.2, 0) is 5.75 Å². The van der Waals surface area contributed by atoms with E-state index in [4.69, 9.17) is 5.26 Å². The normalized spacial score (nSPS) is 10.4. The Balaban J connectivity index is 1.43. The number of thioether (sulfide) groups is 1. The van der Waals surface area contributed by atoms with Gasteiger partial charge in [0.2, 0.25) is 5.13 Å². The molecule has 4 aromatic rings. The highest BCUT2D eigenvalue weighted by Gasteiger charge is 2.17. The molecule has 0 aliphatic rings. The number of aromatic nitrogens is 2. The fourth-order valence-corrected chi connectivity index (χ4v) is 4.76. The van der Waals surface area contributed by atoms with Crippen LogP contribution in [-0.4, -0.2) is 23.2 Å². The molecule has 32 heavy (non-hydrogen) atoms. The first-order chi connectivity index (χ1) is 15.6. The smallest absolute Gasteiger partial charge is 0.259 e. The minimum atomic E-state index is -0.233. The number of nitrogens with zero attached hydrogens (tertiary/aromatic N) is 4. The van der Waals surface area contributed by atoms with Gasteiger partial charge in [0.15, 0.2) is 4.34 Å². The summed E-state index contributed by atoms with van der Waals surface area (Å²) in [5, 5.41) is 20.5. The van der Waals surface area contributed by atoms with Crippen LogP contribution in [0.2, 0.25) is 0 Å². The molecular formula is C24H19N5OS2. The van der Waals surface area contributed by atoms with Crippen LogP contribution in [0.1, 0.15) is 21.5 Å². The molecule has 0 bridgehead atoms. The van der Waals surface area contributed by atoms with Crippen LogP contribution in [0.3, 0.4) is 0 Å². The molecule has 6 nitrogen and oxygen atoms in total. The van der Waals surface area contributed by atoms with E-state index in [0.717, 1.165) is 21.3 Å². The molecule has 3 aromatic carbocycles. The molecule has 0 radical (unpaired) electrons. The van der Waals surface area contributed by atoms with Crippen LogP contribution in [0.4, 0.5) is 16.5 Å². The Morgan fingerprint density at radius 1 is 1.03 bits per heavy atom. The Morgan fingerprint density at radius 2 is 1.75 bits per heavy atom. The lowest BCUT2D eigenvalue weighted by Gasteiger charge is -2.22. The Morgan fingerprint density at radius 3 is 2.50 bits per heavy atom. The zero-order valence-electron chi connectivity index (χ0n) is 17.2. The average Bonchev–Trinajstić information content (AvgIpc) is 3.30. The van der Waals surface area contributed by atoms with Gasteiger partial charge in [0.25, 0.3) is 5.91 Å². The number of anilines is 3. The van der Waals surface area contributed by atoms with Gasteiger partial charge >= 0.3 is 0 Å². The molecule has 158 valence electrons. The maximum absolute atomic E-state index is 13.0. The van der Waals surface area contributed by atoms with Crippen molar-refractivity contribution < 1.29 is 4.79 Å². The highest BCUT2D eigenvalue weighted by Crippen LogP contribution is 2.30. The third-order valence-electron chi connectivity index (χ3n) is 4.73. The Hall–Kier alpha value is -3.67. The van der Waals surface area contributed by atoms with Crippen molar-refractivity contribution in [2.75, 3.05) is 17.3 Å². The molecule has 1 amide bonds. The van der Waals surface area contributed by atoms with Crippen LogP contribution in [0.5, 0.6) is 0 Å². The third-order valence-corrected chi connectivity index (χ3v) is 6.77. The first-order valence-electron chi connectivity index (χ1n) is 9.78. The number of para-hydroxylation sites is 2. The summed E-state index contributed by atoms with van der Waals surface area (Å²) in [6, 6.07) is 26.9. The monoisotopic (exact) mass is 457 g/mol. The quantitative estimate of drug-likeness (QED) is 0.282. The number of benzene rings is 3. The number of nitriles is 1. The van der Waals surface area contributed by atoms with E-state index in [0.29, 0.717) is 22.0 Å². The van der Waals surface area contributed by atoms with E-state index >= 15 is 0 Å². The van der Waals surface area contributed by atoms with Crippen molar-refractivity contribution in [1.82, 2.24) is 10.2 Å². The second-order valence-corrected chi connectivity index (χ2v) is 9.04. The number of amides is 1. The summed E-state index contributed by atoms with van der Waals surface area (Å²) in [7, 11) is 1.93. The highest BCUT2D eigenvalue weighted by atomic mass is 32.2. The van der Waals surface area contributed by atoms with E-state index in [1.807, 2.05) is 72.6 Å². The second kappa shape index (κ2) is 10.1. The molecule has 0 spiro atoms. The van der Waals surface area contributed by atoms with Gasteiger partial charge in [-0.25, -0.2) is 0 Å². The fourth-order valence-electron chi connectivity index (χ4n) is 3.05. The predicted octanol–water partition coefficient (Wildman–Crippen LogP) is 5.72. The molecule has 0 aliphatic heterocycles. The minimum absolute atomic E-state index is 0.233. The van der Waals surface area contributed by atoms with Crippen molar-refractivity contribution in [3.8, 4) is 6.07 Å². The summed E-state index contributed by atoms with van der Waals surface area (Å²) < 4.78 is 0.763. The average molecular weight is 458 g/mol. The molecule has 8 heteroatoms. The summed E-state index contributed by atoms with van der Waals surface area (Å²) >= 11 is 2.87. The number of carbonyl (C=O) groups is 1. The molecule has 0 atom stereocenters. The van der Waals surface area contributed by atoms with Crippen molar-refractivity contribution in [1.29, 1.82) is 5.26 Å². The van der Waals surface area contributed by atoms with E-state index in [-0.39, 0.29) is 5.91 Å². The number of carbonyl (C=O) groups excluding carboxylic acids is 1. The van der Waals surface area contributed by atoms with Crippen LogP contribution in [0, 0.1) is 11.3 Å². The molecule has 0 saturated heterocycles.